The van der Waals surface area contributed by atoms with Gasteiger partial charge in [0.15, 0.2) is 0 Å². The van der Waals surface area contributed by atoms with Crippen molar-refractivity contribution in [1.29, 1.82) is 0 Å². The Morgan fingerprint density at radius 3 is 2.65 bits per heavy atom. The van der Waals surface area contributed by atoms with Gasteiger partial charge >= 0.3 is 0 Å². The second-order valence-electron chi connectivity index (χ2n) is 6.93. The third-order valence-electron chi connectivity index (χ3n) is 5.49. The molecule has 2 atom stereocenters. The highest BCUT2D eigenvalue weighted by Gasteiger charge is 2.40. The molecule has 2 aliphatic rings. The topological polar surface area (TPSA) is 54.3 Å². The maximum atomic E-state index is 14.3. The van der Waals surface area contributed by atoms with E-state index in [-0.39, 0.29) is 12.0 Å². The molecule has 1 amide bonds. The van der Waals surface area contributed by atoms with E-state index in [1.54, 1.807) is 28.2 Å². The van der Waals surface area contributed by atoms with Crippen LogP contribution in [0.25, 0.3) is 5.69 Å². The molecule has 0 spiro atoms. The minimum absolute atomic E-state index is 0.202. The van der Waals surface area contributed by atoms with E-state index in [1.165, 1.54) is 0 Å². The van der Waals surface area contributed by atoms with Crippen molar-refractivity contribution in [2.24, 2.45) is 5.92 Å². The third kappa shape index (κ3) is 3.16. The number of hydrogen-bond donors (Lipinski definition) is 0. The lowest BCUT2D eigenvalue weighted by Crippen LogP contribution is -2.45. The van der Waals surface area contributed by atoms with Gasteiger partial charge in [0.05, 0.1) is 34.8 Å². The molecule has 4 heterocycles. The molecule has 4 rings (SSSR count). The molecule has 2 aliphatic heterocycles. The second-order valence-corrected chi connectivity index (χ2v) is 7.37. The minimum Gasteiger partial charge on any atom is -0.369 e. The lowest BCUT2D eigenvalue weighted by Gasteiger charge is -2.38. The Kier molecular flexibility index (Phi) is 4.80. The second kappa shape index (κ2) is 7.23. The molecule has 2 aromatic rings. The standard InChI is InChI=1S/C18H21ClFN5O/c19-14-9-22-25(11-14)16-1-5-21-10-17(16)23-6-2-13(3-7-23)18-15(20)4-8-24(18)12-26/h1,5,9-13,15,18H,2-4,6-8H2/t15-,18?/m1/s1. The van der Waals surface area contributed by atoms with Crippen molar-refractivity contribution in [2.75, 3.05) is 24.5 Å². The molecule has 0 saturated carbocycles. The van der Waals surface area contributed by atoms with Crippen LogP contribution in [0.2, 0.25) is 5.02 Å². The van der Waals surface area contributed by atoms with Crippen molar-refractivity contribution < 1.29 is 9.18 Å². The number of nitrogens with zero attached hydrogens (tertiary/aromatic N) is 5. The summed E-state index contributed by atoms with van der Waals surface area (Å²) in [4.78, 5) is 19.4. The Bertz CT molecular complexity index is 776. The molecular weight excluding hydrogens is 357 g/mol. The zero-order chi connectivity index (χ0) is 18.1. The van der Waals surface area contributed by atoms with Crippen LogP contribution in [-0.4, -0.2) is 57.9 Å². The van der Waals surface area contributed by atoms with Gasteiger partial charge in [-0.25, -0.2) is 9.07 Å². The highest BCUT2D eigenvalue weighted by atomic mass is 35.5. The number of carbonyl (C=O) groups is 1. The Hall–Kier alpha value is -2.15. The predicted molar refractivity (Wildman–Crippen MR) is 97.4 cm³/mol. The number of carbonyl (C=O) groups excluding carboxylic acids is 1. The quantitative estimate of drug-likeness (QED) is 0.769. The molecule has 0 bridgehead atoms. The number of anilines is 1. The summed E-state index contributed by atoms with van der Waals surface area (Å²) in [7, 11) is 0. The molecule has 138 valence electrons. The summed E-state index contributed by atoms with van der Waals surface area (Å²) in [5, 5.41) is 4.86. The Labute approximate surface area is 156 Å². The molecule has 26 heavy (non-hydrogen) atoms. The molecule has 6 nitrogen and oxygen atoms in total. The minimum atomic E-state index is -0.906. The van der Waals surface area contributed by atoms with Gasteiger partial charge < -0.3 is 9.80 Å². The fraction of sp³-hybridized carbons (Fsp3) is 0.500. The van der Waals surface area contributed by atoms with Crippen LogP contribution in [0.5, 0.6) is 0 Å². The van der Waals surface area contributed by atoms with Crippen LogP contribution in [0, 0.1) is 5.92 Å². The maximum Gasteiger partial charge on any atom is 0.210 e. The highest BCUT2D eigenvalue weighted by molar-refractivity contribution is 6.30. The number of likely N-dealkylation sites (tertiary alicyclic amines) is 1. The van der Waals surface area contributed by atoms with E-state index in [1.807, 2.05) is 12.3 Å². The van der Waals surface area contributed by atoms with Crippen LogP contribution < -0.4 is 4.90 Å². The first-order valence-corrected chi connectivity index (χ1v) is 9.30. The lowest BCUT2D eigenvalue weighted by molar-refractivity contribution is -0.120. The first kappa shape index (κ1) is 17.3. The van der Waals surface area contributed by atoms with E-state index in [9.17, 15) is 9.18 Å². The number of amides is 1. The van der Waals surface area contributed by atoms with Crippen molar-refractivity contribution >= 4 is 23.7 Å². The third-order valence-corrected chi connectivity index (χ3v) is 5.69. The summed E-state index contributed by atoms with van der Waals surface area (Å²) in [6.45, 7) is 2.13. The van der Waals surface area contributed by atoms with Gasteiger partial charge in [0.2, 0.25) is 6.41 Å². The van der Waals surface area contributed by atoms with Gasteiger partial charge in [0.25, 0.3) is 0 Å². The molecule has 2 fully saturated rings. The number of alkyl halides is 1. The Balaban J connectivity index is 1.50. The molecule has 0 aromatic carbocycles. The van der Waals surface area contributed by atoms with Crippen molar-refractivity contribution in [3.05, 3.63) is 35.9 Å². The summed E-state index contributed by atoms with van der Waals surface area (Å²) in [6.07, 6.45) is 8.98. The van der Waals surface area contributed by atoms with Gasteiger partial charge in [-0.05, 0) is 31.2 Å². The van der Waals surface area contributed by atoms with Crippen LogP contribution >= 0.6 is 11.6 Å². The number of piperidine rings is 1. The van der Waals surface area contributed by atoms with Crippen LogP contribution in [0.15, 0.2) is 30.9 Å². The molecule has 2 saturated heterocycles. The number of hydrogen-bond acceptors (Lipinski definition) is 4. The van der Waals surface area contributed by atoms with Crippen LogP contribution in [0.1, 0.15) is 19.3 Å². The highest BCUT2D eigenvalue weighted by Crippen LogP contribution is 2.34. The van der Waals surface area contributed by atoms with Crippen LogP contribution in [-0.2, 0) is 4.79 Å². The summed E-state index contributed by atoms with van der Waals surface area (Å²) in [5.41, 5.74) is 1.91. The number of rotatable bonds is 4. The van der Waals surface area contributed by atoms with Gasteiger partial charge in [-0.1, -0.05) is 11.6 Å². The zero-order valence-electron chi connectivity index (χ0n) is 14.3. The van der Waals surface area contributed by atoms with Gasteiger partial charge in [0, 0.05) is 32.0 Å². The van der Waals surface area contributed by atoms with Gasteiger partial charge in [-0.2, -0.15) is 5.10 Å². The largest absolute Gasteiger partial charge is 0.369 e. The van der Waals surface area contributed by atoms with Gasteiger partial charge in [-0.3, -0.25) is 9.78 Å². The lowest BCUT2D eigenvalue weighted by atomic mass is 9.87. The SMILES string of the molecule is O=CN1CC[C@@H](F)C1C1CCN(c2cnccc2-n2cc(Cl)cn2)CC1. The first-order valence-electron chi connectivity index (χ1n) is 8.92. The van der Waals surface area contributed by atoms with E-state index in [2.05, 4.69) is 15.0 Å². The average Bonchev–Trinajstić information content (AvgIpc) is 3.27. The van der Waals surface area contributed by atoms with E-state index < -0.39 is 6.17 Å². The van der Waals surface area contributed by atoms with Crippen LogP contribution in [0.4, 0.5) is 10.1 Å². The number of halogens is 2. The van der Waals surface area contributed by atoms with Gasteiger partial charge in [0.1, 0.15) is 6.17 Å². The fourth-order valence-electron chi connectivity index (χ4n) is 4.22. The Morgan fingerprint density at radius 2 is 1.96 bits per heavy atom. The van der Waals surface area contributed by atoms with E-state index in [0.717, 1.165) is 43.7 Å². The van der Waals surface area contributed by atoms with E-state index in [0.29, 0.717) is 18.0 Å². The first-order chi connectivity index (χ1) is 12.7. The Morgan fingerprint density at radius 1 is 1.15 bits per heavy atom. The normalized spacial score (nSPS) is 24.2. The molecule has 0 radical (unpaired) electrons. The molecule has 8 heteroatoms. The summed E-state index contributed by atoms with van der Waals surface area (Å²) < 4.78 is 16.0. The molecule has 0 aliphatic carbocycles. The van der Waals surface area contributed by atoms with Crippen molar-refractivity contribution in [3.8, 4) is 5.69 Å². The summed E-state index contributed by atoms with van der Waals surface area (Å²) in [6, 6.07) is 1.64. The summed E-state index contributed by atoms with van der Waals surface area (Å²) >= 11 is 6.00. The maximum absolute atomic E-state index is 14.3. The zero-order valence-corrected chi connectivity index (χ0v) is 15.1. The van der Waals surface area contributed by atoms with Crippen molar-refractivity contribution in [3.63, 3.8) is 0 Å². The number of aromatic nitrogens is 3. The predicted octanol–water partition coefficient (Wildman–Crippen LogP) is 2.71. The smallest absolute Gasteiger partial charge is 0.210 e. The fourth-order valence-corrected chi connectivity index (χ4v) is 4.36. The van der Waals surface area contributed by atoms with Crippen LogP contribution in [0.3, 0.4) is 0 Å². The van der Waals surface area contributed by atoms with E-state index in [4.69, 9.17) is 11.6 Å². The van der Waals surface area contributed by atoms with E-state index >= 15 is 0 Å². The van der Waals surface area contributed by atoms with Gasteiger partial charge in [-0.15, -0.1) is 0 Å². The number of pyridine rings is 1. The molecule has 1 unspecified atom stereocenters. The molecule has 0 N–H and O–H groups in total. The summed E-state index contributed by atoms with van der Waals surface area (Å²) in [5.74, 6) is 0.202. The van der Waals surface area contributed by atoms with Crippen molar-refractivity contribution in [2.45, 2.75) is 31.5 Å². The molecule has 2 aromatic heterocycles. The average molecular weight is 378 g/mol. The van der Waals surface area contributed by atoms with Crippen molar-refractivity contribution in [1.82, 2.24) is 19.7 Å². The monoisotopic (exact) mass is 377 g/mol. The molecular formula is C18H21ClFN5O.